The molecule has 0 amide bonds. The summed E-state index contributed by atoms with van der Waals surface area (Å²) in [6.45, 7) is 0.343. The lowest BCUT2D eigenvalue weighted by Crippen LogP contribution is -2.03. The molecule has 21 heavy (non-hydrogen) atoms. The summed E-state index contributed by atoms with van der Waals surface area (Å²) in [6, 6.07) is 17.3. The number of aromatic nitrogens is 1. The van der Waals surface area contributed by atoms with Gasteiger partial charge in [-0.2, -0.15) is 5.26 Å². The van der Waals surface area contributed by atoms with Crippen LogP contribution in [0.2, 0.25) is 5.02 Å². The molecule has 0 aliphatic rings. The molecule has 0 bridgehead atoms. The summed E-state index contributed by atoms with van der Waals surface area (Å²) in [5.74, 6) is 0.730. The number of halogens is 1. The van der Waals surface area contributed by atoms with Crippen molar-refractivity contribution in [3.63, 3.8) is 0 Å². The van der Waals surface area contributed by atoms with Crippen molar-refractivity contribution in [3.05, 3.63) is 64.8 Å². The average molecular weight is 297 g/mol. The normalized spacial score (nSPS) is 10.5. The van der Waals surface area contributed by atoms with E-state index in [1.807, 2.05) is 48.0 Å². The highest BCUT2D eigenvalue weighted by molar-refractivity contribution is 6.30. The van der Waals surface area contributed by atoms with E-state index in [1.165, 1.54) is 0 Å². The van der Waals surface area contributed by atoms with Crippen LogP contribution < -0.4 is 4.74 Å². The Hall–Kier alpha value is -2.44. The summed E-state index contributed by atoms with van der Waals surface area (Å²) < 4.78 is 7.77. The quantitative estimate of drug-likeness (QED) is 0.723. The number of nitriles is 1. The molecule has 3 rings (SSSR count). The van der Waals surface area contributed by atoms with Crippen molar-refractivity contribution in [2.45, 2.75) is 6.61 Å². The molecule has 3 aromatic rings. The molecule has 4 heteroatoms. The zero-order valence-electron chi connectivity index (χ0n) is 11.5. The maximum atomic E-state index is 9.43. The van der Waals surface area contributed by atoms with Gasteiger partial charge in [0.15, 0.2) is 0 Å². The van der Waals surface area contributed by atoms with Gasteiger partial charge >= 0.3 is 0 Å². The standard InChI is InChI=1S/C17H13ClN2O/c1-20-16-5-3-2-4-14(16)15(10-19)17(20)11-21-13-8-6-12(18)7-9-13/h2-9H,11H2,1H3. The van der Waals surface area contributed by atoms with Crippen LogP contribution in [0.3, 0.4) is 0 Å². The highest BCUT2D eigenvalue weighted by atomic mass is 35.5. The fourth-order valence-electron chi connectivity index (χ4n) is 2.42. The minimum Gasteiger partial charge on any atom is -0.487 e. The molecule has 0 unspecified atom stereocenters. The van der Waals surface area contributed by atoms with Gasteiger partial charge in [-0.3, -0.25) is 0 Å². The molecule has 0 aliphatic carbocycles. The van der Waals surface area contributed by atoms with Gasteiger partial charge in [0.1, 0.15) is 18.4 Å². The second-order valence-electron chi connectivity index (χ2n) is 4.75. The van der Waals surface area contributed by atoms with Crippen LogP contribution in [0.4, 0.5) is 0 Å². The van der Waals surface area contributed by atoms with Gasteiger partial charge in [-0.15, -0.1) is 0 Å². The Kier molecular flexibility index (Phi) is 3.55. The number of para-hydroxylation sites is 1. The van der Waals surface area contributed by atoms with E-state index in [9.17, 15) is 5.26 Å². The summed E-state index contributed by atoms with van der Waals surface area (Å²) in [5, 5.41) is 11.1. The first-order valence-corrected chi connectivity index (χ1v) is 6.93. The van der Waals surface area contributed by atoms with Crippen LogP contribution in [0.1, 0.15) is 11.3 Å². The second kappa shape index (κ2) is 5.51. The highest BCUT2D eigenvalue weighted by Crippen LogP contribution is 2.26. The number of rotatable bonds is 3. The van der Waals surface area contributed by atoms with Gasteiger partial charge in [-0.25, -0.2) is 0 Å². The van der Waals surface area contributed by atoms with E-state index < -0.39 is 0 Å². The van der Waals surface area contributed by atoms with Crippen LogP contribution >= 0.6 is 11.6 Å². The van der Waals surface area contributed by atoms with Crippen LogP contribution in [0.15, 0.2) is 48.5 Å². The monoisotopic (exact) mass is 296 g/mol. The first-order chi connectivity index (χ1) is 10.2. The Bertz CT molecular complexity index is 828. The first-order valence-electron chi connectivity index (χ1n) is 6.55. The van der Waals surface area contributed by atoms with E-state index in [4.69, 9.17) is 16.3 Å². The third kappa shape index (κ3) is 2.46. The number of aryl methyl sites for hydroxylation is 1. The molecule has 0 atom stereocenters. The molecule has 0 N–H and O–H groups in total. The van der Waals surface area contributed by atoms with Crippen molar-refractivity contribution in [3.8, 4) is 11.8 Å². The van der Waals surface area contributed by atoms with Gasteiger partial charge in [0, 0.05) is 23.0 Å². The Morgan fingerprint density at radius 1 is 1.14 bits per heavy atom. The topological polar surface area (TPSA) is 38.0 Å². The highest BCUT2D eigenvalue weighted by Gasteiger charge is 2.14. The van der Waals surface area contributed by atoms with Gasteiger partial charge in [0.25, 0.3) is 0 Å². The van der Waals surface area contributed by atoms with Gasteiger partial charge in [0.2, 0.25) is 0 Å². The number of hydrogen-bond donors (Lipinski definition) is 0. The fourth-order valence-corrected chi connectivity index (χ4v) is 2.55. The number of ether oxygens (including phenoxy) is 1. The van der Waals surface area contributed by atoms with Crippen LogP contribution in [-0.4, -0.2) is 4.57 Å². The van der Waals surface area contributed by atoms with E-state index in [0.29, 0.717) is 17.2 Å². The molecule has 104 valence electrons. The zero-order chi connectivity index (χ0) is 14.8. The van der Waals surface area contributed by atoms with E-state index in [0.717, 1.165) is 22.3 Å². The molecule has 1 heterocycles. The average Bonchev–Trinajstić information content (AvgIpc) is 2.79. The van der Waals surface area contributed by atoms with Gasteiger partial charge in [0.05, 0.1) is 11.3 Å². The predicted octanol–water partition coefficient (Wildman–Crippen LogP) is 4.28. The Labute approximate surface area is 127 Å². The molecule has 0 saturated heterocycles. The van der Waals surface area contributed by atoms with Crippen LogP contribution in [-0.2, 0) is 13.7 Å². The molecule has 0 fully saturated rings. The second-order valence-corrected chi connectivity index (χ2v) is 5.19. The maximum absolute atomic E-state index is 9.43. The summed E-state index contributed by atoms with van der Waals surface area (Å²) in [7, 11) is 1.95. The van der Waals surface area contributed by atoms with Crippen LogP contribution in [0.5, 0.6) is 5.75 Å². The SMILES string of the molecule is Cn1c(COc2ccc(Cl)cc2)c(C#N)c2ccccc21. The number of benzene rings is 2. The van der Waals surface area contributed by atoms with Crippen molar-refractivity contribution < 1.29 is 4.74 Å². The lowest BCUT2D eigenvalue weighted by molar-refractivity contribution is 0.297. The van der Waals surface area contributed by atoms with Crippen LogP contribution in [0, 0.1) is 11.3 Å². The van der Waals surface area contributed by atoms with Crippen molar-refractivity contribution in [1.29, 1.82) is 5.26 Å². The minimum absolute atomic E-state index is 0.343. The molecular weight excluding hydrogens is 284 g/mol. The molecule has 0 saturated carbocycles. The van der Waals surface area contributed by atoms with E-state index in [-0.39, 0.29) is 0 Å². The lowest BCUT2D eigenvalue weighted by Gasteiger charge is -2.08. The Morgan fingerprint density at radius 2 is 1.86 bits per heavy atom. The Balaban J connectivity index is 1.95. The molecule has 2 aromatic carbocycles. The van der Waals surface area contributed by atoms with Gasteiger partial charge in [-0.1, -0.05) is 29.8 Å². The van der Waals surface area contributed by atoms with Crippen molar-refractivity contribution in [2.75, 3.05) is 0 Å². The van der Waals surface area contributed by atoms with Crippen molar-refractivity contribution >= 4 is 22.5 Å². The maximum Gasteiger partial charge on any atom is 0.130 e. The molecule has 1 aromatic heterocycles. The van der Waals surface area contributed by atoms with Gasteiger partial charge in [-0.05, 0) is 30.3 Å². The van der Waals surface area contributed by atoms with E-state index >= 15 is 0 Å². The van der Waals surface area contributed by atoms with E-state index in [1.54, 1.807) is 12.1 Å². The van der Waals surface area contributed by atoms with Gasteiger partial charge < -0.3 is 9.30 Å². The Morgan fingerprint density at radius 3 is 2.57 bits per heavy atom. The molecule has 3 nitrogen and oxygen atoms in total. The lowest BCUT2D eigenvalue weighted by atomic mass is 10.1. The first kappa shape index (κ1) is 13.5. The van der Waals surface area contributed by atoms with Crippen molar-refractivity contribution in [2.24, 2.45) is 7.05 Å². The number of fused-ring (bicyclic) bond motifs is 1. The number of nitrogens with zero attached hydrogens (tertiary/aromatic N) is 2. The van der Waals surface area contributed by atoms with Crippen LogP contribution in [0.25, 0.3) is 10.9 Å². The smallest absolute Gasteiger partial charge is 0.130 e. The van der Waals surface area contributed by atoms with Crippen molar-refractivity contribution in [1.82, 2.24) is 4.57 Å². The molecular formula is C17H13ClN2O. The third-order valence-electron chi connectivity index (χ3n) is 3.53. The summed E-state index contributed by atoms with van der Waals surface area (Å²) in [6.07, 6.45) is 0. The minimum atomic E-state index is 0.343. The molecule has 0 aliphatic heterocycles. The molecule has 0 radical (unpaired) electrons. The summed E-state index contributed by atoms with van der Waals surface area (Å²) in [5.41, 5.74) is 2.57. The zero-order valence-corrected chi connectivity index (χ0v) is 12.3. The fraction of sp³-hybridized carbons (Fsp3) is 0.118. The predicted molar refractivity (Wildman–Crippen MR) is 83.4 cm³/mol. The summed E-state index contributed by atoms with van der Waals surface area (Å²) in [4.78, 5) is 0. The third-order valence-corrected chi connectivity index (χ3v) is 3.78. The van der Waals surface area contributed by atoms with E-state index in [2.05, 4.69) is 6.07 Å². The molecule has 0 spiro atoms. The largest absolute Gasteiger partial charge is 0.487 e. The summed E-state index contributed by atoms with van der Waals surface area (Å²) >= 11 is 5.85. The number of hydrogen-bond acceptors (Lipinski definition) is 2.